The SMILES string of the molecule is CC1=CC(O)(C2=CC=CON2)C2CCOC2=C1. The van der Waals surface area contributed by atoms with Gasteiger partial charge in [-0.1, -0.05) is 0 Å². The van der Waals surface area contributed by atoms with Gasteiger partial charge in [-0.3, -0.25) is 0 Å². The summed E-state index contributed by atoms with van der Waals surface area (Å²) in [7, 11) is 0. The molecule has 0 aromatic rings. The number of hydrogen-bond acceptors (Lipinski definition) is 4. The summed E-state index contributed by atoms with van der Waals surface area (Å²) in [5, 5.41) is 10.9. The molecule has 2 aliphatic heterocycles. The molecule has 3 aliphatic rings. The highest BCUT2D eigenvalue weighted by atomic mass is 16.6. The Kier molecular flexibility index (Phi) is 2.26. The lowest BCUT2D eigenvalue weighted by Gasteiger charge is -2.36. The molecule has 17 heavy (non-hydrogen) atoms. The van der Waals surface area contributed by atoms with Crippen LogP contribution >= 0.6 is 0 Å². The molecule has 2 atom stereocenters. The van der Waals surface area contributed by atoms with E-state index in [2.05, 4.69) is 5.48 Å². The van der Waals surface area contributed by atoms with Gasteiger partial charge in [-0.05, 0) is 43.2 Å². The van der Waals surface area contributed by atoms with Crippen molar-refractivity contribution < 1.29 is 14.7 Å². The quantitative estimate of drug-likeness (QED) is 0.721. The van der Waals surface area contributed by atoms with Gasteiger partial charge >= 0.3 is 0 Å². The maximum absolute atomic E-state index is 10.9. The molecule has 0 aromatic heterocycles. The number of hydrogen-bond donors (Lipinski definition) is 2. The molecule has 0 amide bonds. The second-order valence-corrected chi connectivity index (χ2v) is 4.58. The minimum atomic E-state index is -1.06. The average molecular weight is 233 g/mol. The van der Waals surface area contributed by atoms with Crippen molar-refractivity contribution in [2.45, 2.75) is 18.9 Å². The maximum Gasteiger partial charge on any atom is 0.136 e. The van der Waals surface area contributed by atoms with E-state index in [1.54, 1.807) is 6.08 Å². The average Bonchev–Trinajstić information content (AvgIpc) is 2.79. The molecule has 2 heterocycles. The van der Waals surface area contributed by atoms with Crippen LogP contribution in [0, 0.1) is 5.92 Å². The van der Waals surface area contributed by atoms with E-state index >= 15 is 0 Å². The van der Waals surface area contributed by atoms with E-state index < -0.39 is 5.60 Å². The van der Waals surface area contributed by atoms with Crippen LogP contribution in [-0.4, -0.2) is 17.3 Å². The second-order valence-electron chi connectivity index (χ2n) is 4.58. The molecule has 90 valence electrons. The Bertz CT molecular complexity index is 461. The summed E-state index contributed by atoms with van der Waals surface area (Å²) in [6.45, 7) is 2.61. The van der Waals surface area contributed by atoms with Crippen LogP contribution in [-0.2, 0) is 9.57 Å². The van der Waals surface area contributed by atoms with E-state index in [-0.39, 0.29) is 5.92 Å². The molecule has 1 fully saturated rings. The van der Waals surface area contributed by atoms with Crippen molar-refractivity contribution in [1.29, 1.82) is 0 Å². The Hall–Kier alpha value is -1.68. The lowest BCUT2D eigenvalue weighted by Crippen LogP contribution is -2.44. The zero-order valence-electron chi connectivity index (χ0n) is 9.64. The van der Waals surface area contributed by atoms with Crippen molar-refractivity contribution in [1.82, 2.24) is 5.48 Å². The standard InChI is InChI=1S/C13H15NO3/c1-9-7-11-10(4-6-16-11)13(15,8-9)12-3-2-5-17-14-12/h2-3,5,7-8,10,14-15H,4,6H2,1H3. The van der Waals surface area contributed by atoms with Crippen molar-refractivity contribution in [3.05, 3.63) is 47.6 Å². The van der Waals surface area contributed by atoms with Crippen LogP contribution in [0.1, 0.15) is 13.3 Å². The third-order valence-electron chi connectivity index (χ3n) is 3.38. The van der Waals surface area contributed by atoms with Crippen LogP contribution < -0.4 is 5.48 Å². The Morgan fingerprint density at radius 2 is 2.41 bits per heavy atom. The van der Waals surface area contributed by atoms with Gasteiger partial charge in [-0.15, -0.1) is 0 Å². The first kappa shape index (κ1) is 10.5. The zero-order chi connectivity index (χ0) is 11.9. The minimum Gasteiger partial charge on any atom is -0.497 e. The summed E-state index contributed by atoms with van der Waals surface area (Å²) in [6, 6.07) is 0. The molecule has 4 nitrogen and oxygen atoms in total. The van der Waals surface area contributed by atoms with E-state index in [0.29, 0.717) is 12.3 Å². The van der Waals surface area contributed by atoms with Gasteiger partial charge in [0.1, 0.15) is 17.6 Å². The fourth-order valence-electron chi connectivity index (χ4n) is 2.62. The number of nitrogens with one attached hydrogen (secondary N) is 1. The van der Waals surface area contributed by atoms with Crippen LogP contribution in [0.3, 0.4) is 0 Å². The van der Waals surface area contributed by atoms with Crippen molar-refractivity contribution in [2.75, 3.05) is 6.61 Å². The van der Waals surface area contributed by atoms with Gasteiger partial charge in [0.2, 0.25) is 0 Å². The first-order valence-electron chi connectivity index (χ1n) is 5.75. The fourth-order valence-corrected chi connectivity index (χ4v) is 2.62. The molecule has 0 radical (unpaired) electrons. The smallest absolute Gasteiger partial charge is 0.136 e. The Morgan fingerprint density at radius 3 is 3.18 bits per heavy atom. The number of rotatable bonds is 1. The van der Waals surface area contributed by atoms with Crippen LogP contribution in [0.15, 0.2) is 47.6 Å². The second kappa shape index (κ2) is 3.67. The third-order valence-corrected chi connectivity index (χ3v) is 3.38. The first-order chi connectivity index (χ1) is 8.20. The molecule has 1 aliphatic carbocycles. The van der Waals surface area contributed by atoms with Gasteiger partial charge < -0.3 is 14.7 Å². The molecule has 2 unspecified atom stereocenters. The number of ether oxygens (including phenoxy) is 1. The number of allylic oxidation sites excluding steroid dienone is 4. The number of aliphatic hydroxyl groups is 1. The Labute approximate surface area is 99.9 Å². The number of hydroxylamine groups is 1. The van der Waals surface area contributed by atoms with Gasteiger partial charge in [0, 0.05) is 0 Å². The van der Waals surface area contributed by atoms with Gasteiger partial charge in [-0.2, -0.15) is 0 Å². The van der Waals surface area contributed by atoms with Gasteiger partial charge in [0.25, 0.3) is 0 Å². The highest BCUT2D eigenvalue weighted by Crippen LogP contribution is 2.43. The van der Waals surface area contributed by atoms with Gasteiger partial charge in [-0.25, -0.2) is 5.48 Å². The lowest BCUT2D eigenvalue weighted by atomic mass is 9.77. The largest absolute Gasteiger partial charge is 0.497 e. The third kappa shape index (κ3) is 1.56. The summed E-state index contributed by atoms with van der Waals surface area (Å²) in [5.41, 5.74) is 3.35. The molecule has 0 aromatic carbocycles. The minimum absolute atomic E-state index is 0.0277. The summed E-state index contributed by atoms with van der Waals surface area (Å²) in [6.07, 6.45) is 9.79. The normalized spacial score (nSPS) is 34.7. The van der Waals surface area contributed by atoms with Crippen molar-refractivity contribution in [3.8, 4) is 0 Å². The number of fused-ring (bicyclic) bond motifs is 1. The summed E-state index contributed by atoms with van der Waals surface area (Å²) in [5.74, 6) is 0.838. The molecular weight excluding hydrogens is 218 g/mol. The molecule has 0 saturated carbocycles. The fraction of sp³-hybridized carbons (Fsp3) is 0.385. The Balaban J connectivity index is 2.03. The summed E-state index contributed by atoms with van der Waals surface area (Å²) >= 11 is 0. The van der Waals surface area contributed by atoms with Crippen molar-refractivity contribution >= 4 is 0 Å². The van der Waals surface area contributed by atoms with Gasteiger partial charge in [0.05, 0.1) is 18.2 Å². The molecule has 3 rings (SSSR count). The van der Waals surface area contributed by atoms with Crippen LogP contribution in [0.4, 0.5) is 0 Å². The zero-order valence-corrected chi connectivity index (χ0v) is 9.64. The van der Waals surface area contributed by atoms with Crippen molar-refractivity contribution in [2.24, 2.45) is 5.92 Å². The predicted octanol–water partition coefficient (Wildman–Crippen LogP) is 1.53. The first-order valence-corrected chi connectivity index (χ1v) is 5.75. The molecule has 0 bridgehead atoms. The topological polar surface area (TPSA) is 50.7 Å². The monoisotopic (exact) mass is 233 g/mol. The van der Waals surface area contributed by atoms with E-state index in [0.717, 1.165) is 17.8 Å². The van der Waals surface area contributed by atoms with Crippen LogP contribution in [0.25, 0.3) is 0 Å². The van der Waals surface area contributed by atoms with Gasteiger partial charge in [0.15, 0.2) is 0 Å². The summed E-state index contributed by atoms with van der Waals surface area (Å²) < 4.78 is 5.56. The van der Waals surface area contributed by atoms with E-state index in [1.165, 1.54) is 6.26 Å². The van der Waals surface area contributed by atoms with Crippen LogP contribution in [0.2, 0.25) is 0 Å². The van der Waals surface area contributed by atoms with E-state index in [9.17, 15) is 5.11 Å². The molecule has 1 saturated heterocycles. The maximum atomic E-state index is 10.9. The highest BCUT2D eigenvalue weighted by molar-refractivity contribution is 5.41. The lowest BCUT2D eigenvalue weighted by molar-refractivity contribution is 0.0334. The molecular formula is C13H15NO3. The highest BCUT2D eigenvalue weighted by Gasteiger charge is 2.46. The predicted molar refractivity (Wildman–Crippen MR) is 62.3 cm³/mol. The summed E-state index contributed by atoms with van der Waals surface area (Å²) in [4.78, 5) is 5.04. The van der Waals surface area contributed by atoms with E-state index in [4.69, 9.17) is 9.57 Å². The molecule has 4 heteroatoms. The molecule has 2 N–H and O–H groups in total. The Morgan fingerprint density at radius 1 is 1.53 bits per heavy atom. The van der Waals surface area contributed by atoms with E-state index in [1.807, 2.05) is 25.2 Å². The molecule has 0 spiro atoms. The van der Waals surface area contributed by atoms with Crippen LogP contribution in [0.5, 0.6) is 0 Å². The van der Waals surface area contributed by atoms with Crippen molar-refractivity contribution in [3.63, 3.8) is 0 Å².